The number of amides is 1. The van der Waals surface area contributed by atoms with Crippen molar-refractivity contribution in [3.63, 3.8) is 0 Å². The van der Waals surface area contributed by atoms with E-state index in [1.807, 2.05) is 11.0 Å². The third-order valence-electron chi connectivity index (χ3n) is 6.20. The van der Waals surface area contributed by atoms with Gasteiger partial charge in [0.1, 0.15) is 24.0 Å². The quantitative estimate of drug-likeness (QED) is 0.725. The van der Waals surface area contributed by atoms with Crippen molar-refractivity contribution in [3.8, 4) is 5.75 Å². The number of rotatable bonds is 6. The van der Waals surface area contributed by atoms with Crippen molar-refractivity contribution in [2.45, 2.75) is 12.6 Å². The van der Waals surface area contributed by atoms with E-state index in [1.54, 1.807) is 18.2 Å². The Morgan fingerprint density at radius 1 is 1.10 bits per heavy atom. The number of halogens is 2. The van der Waals surface area contributed by atoms with Crippen molar-refractivity contribution in [1.82, 2.24) is 9.80 Å². The average molecular weight is 416 g/mol. The molecule has 0 radical (unpaired) electrons. The van der Waals surface area contributed by atoms with Crippen LogP contribution in [0.2, 0.25) is 0 Å². The molecular weight excluding hydrogens is 390 g/mol. The Hall–Kier alpha value is -2.51. The highest BCUT2D eigenvalue weighted by molar-refractivity contribution is 5.78. The molecule has 2 aromatic carbocycles. The molecule has 0 aliphatic carbocycles. The molecule has 0 saturated carbocycles. The molecule has 3 atom stereocenters. The van der Waals surface area contributed by atoms with E-state index >= 15 is 0 Å². The van der Waals surface area contributed by atoms with Crippen LogP contribution < -0.4 is 4.74 Å². The van der Waals surface area contributed by atoms with Crippen molar-refractivity contribution in [3.05, 3.63) is 65.2 Å². The fraction of sp³-hybridized carbons (Fsp3) is 0.435. The molecule has 7 heteroatoms. The summed E-state index contributed by atoms with van der Waals surface area (Å²) in [5.41, 5.74) is 1.33. The maximum atomic E-state index is 14.4. The molecule has 0 aromatic heterocycles. The Kier molecular flexibility index (Phi) is 6.01. The highest BCUT2D eigenvalue weighted by Gasteiger charge is 2.49. The smallest absolute Gasteiger partial charge is 0.249 e. The Labute approximate surface area is 175 Å². The van der Waals surface area contributed by atoms with Crippen LogP contribution in [0.15, 0.2) is 42.5 Å². The predicted molar refractivity (Wildman–Crippen MR) is 108 cm³/mol. The average Bonchev–Trinajstić information content (AvgIpc) is 3.27. The normalized spacial score (nSPS) is 23.6. The van der Waals surface area contributed by atoms with E-state index < -0.39 is 0 Å². The lowest BCUT2D eigenvalue weighted by Gasteiger charge is -2.30. The predicted octanol–water partition coefficient (Wildman–Crippen LogP) is 3.25. The Balaban J connectivity index is 1.58. The Morgan fingerprint density at radius 2 is 1.90 bits per heavy atom. The molecule has 2 aliphatic heterocycles. The van der Waals surface area contributed by atoms with Gasteiger partial charge in [0, 0.05) is 44.8 Å². The molecule has 0 unspecified atom stereocenters. The first kappa shape index (κ1) is 20.8. The molecule has 5 nitrogen and oxygen atoms in total. The zero-order chi connectivity index (χ0) is 21.3. The van der Waals surface area contributed by atoms with Gasteiger partial charge in [0.15, 0.2) is 0 Å². The molecule has 2 aliphatic rings. The van der Waals surface area contributed by atoms with E-state index in [2.05, 4.69) is 4.90 Å². The van der Waals surface area contributed by atoms with Gasteiger partial charge in [0.05, 0.1) is 13.2 Å². The lowest BCUT2D eigenvalue weighted by molar-refractivity contribution is -0.136. The van der Waals surface area contributed by atoms with Crippen molar-refractivity contribution in [2.24, 2.45) is 11.8 Å². The molecule has 2 fully saturated rings. The van der Waals surface area contributed by atoms with Gasteiger partial charge in [-0.1, -0.05) is 18.2 Å². The molecule has 0 N–H and O–H groups in total. The van der Waals surface area contributed by atoms with E-state index in [0.29, 0.717) is 30.9 Å². The van der Waals surface area contributed by atoms with Crippen LogP contribution in [0.1, 0.15) is 17.2 Å². The number of hydrogen-bond donors (Lipinski definition) is 0. The zero-order valence-electron chi connectivity index (χ0n) is 17.2. The summed E-state index contributed by atoms with van der Waals surface area (Å²) < 4.78 is 38.7. The molecular formula is C23H26F2N2O3. The summed E-state index contributed by atoms with van der Waals surface area (Å²) in [6, 6.07) is 11.1. The van der Waals surface area contributed by atoms with Crippen molar-refractivity contribution in [2.75, 3.05) is 40.5 Å². The summed E-state index contributed by atoms with van der Waals surface area (Å²) in [6.07, 6.45) is 0. The Morgan fingerprint density at radius 3 is 2.63 bits per heavy atom. The number of hydrogen-bond acceptors (Lipinski definition) is 4. The van der Waals surface area contributed by atoms with Crippen LogP contribution in [0.5, 0.6) is 5.75 Å². The minimum atomic E-state index is -0.318. The molecule has 0 spiro atoms. The van der Waals surface area contributed by atoms with Gasteiger partial charge < -0.3 is 14.4 Å². The van der Waals surface area contributed by atoms with Crippen LogP contribution in [0.3, 0.4) is 0 Å². The van der Waals surface area contributed by atoms with E-state index in [-0.39, 0.29) is 42.0 Å². The number of ether oxygens (including phenoxy) is 2. The number of methoxy groups -OCH3 is 2. The maximum Gasteiger partial charge on any atom is 0.249 e. The minimum absolute atomic E-state index is 0.00138. The van der Waals surface area contributed by atoms with Crippen LogP contribution in [-0.4, -0.2) is 56.2 Å². The van der Waals surface area contributed by atoms with Crippen molar-refractivity contribution in [1.29, 1.82) is 0 Å². The summed E-state index contributed by atoms with van der Waals surface area (Å²) in [6.45, 7) is 2.45. The van der Waals surface area contributed by atoms with E-state index in [0.717, 1.165) is 12.1 Å². The number of likely N-dealkylation sites (tertiary alicyclic amines) is 2. The number of benzene rings is 2. The first-order chi connectivity index (χ1) is 14.5. The number of nitrogens with zero attached hydrogens (tertiary/aromatic N) is 2. The van der Waals surface area contributed by atoms with Crippen LogP contribution in [0.4, 0.5) is 8.78 Å². The summed E-state index contributed by atoms with van der Waals surface area (Å²) in [7, 11) is 3.03. The monoisotopic (exact) mass is 416 g/mol. The second kappa shape index (κ2) is 8.70. The highest BCUT2D eigenvalue weighted by Crippen LogP contribution is 2.45. The van der Waals surface area contributed by atoms with Gasteiger partial charge in [0.25, 0.3) is 0 Å². The zero-order valence-corrected chi connectivity index (χ0v) is 17.2. The Bertz CT molecular complexity index is 923. The fourth-order valence-electron chi connectivity index (χ4n) is 4.95. The summed E-state index contributed by atoms with van der Waals surface area (Å²) in [5.74, 6) is 0.211. The van der Waals surface area contributed by atoms with Crippen LogP contribution >= 0.6 is 0 Å². The summed E-state index contributed by atoms with van der Waals surface area (Å²) in [4.78, 5) is 16.7. The topological polar surface area (TPSA) is 42.0 Å². The van der Waals surface area contributed by atoms with E-state index in [9.17, 15) is 13.6 Å². The summed E-state index contributed by atoms with van der Waals surface area (Å²) >= 11 is 0. The largest absolute Gasteiger partial charge is 0.496 e. The number of carbonyl (C=O) groups excluding carboxylic acids is 1. The third kappa shape index (κ3) is 3.91. The van der Waals surface area contributed by atoms with Gasteiger partial charge in [-0.3, -0.25) is 9.69 Å². The van der Waals surface area contributed by atoms with Gasteiger partial charge in [-0.15, -0.1) is 0 Å². The molecule has 2 aromatic rings. The summed E-state index contributed by atoms with van der Waals surface area (Å²) in [5, 5.41) is 0. The van der Waals surface area contributed by atoms with Crippen LogP contribution in [0.25, 0.3) is 0 Å². The molecule has 2 heterocycles. The standard InChI is InChI=1S/C23H26F2N2O3/c1-29-14-22(28)27-11-16-10-26(13-19-20(25)7-4-8-21(19)30-2)12-18(16)23(27)15-5-3-6-17(24)9-15/h3-9,16,18,23H,10-14H2,1-2H3/t16-,18-,23+/m1/s1. The van der Waals surface area contributed by atoms with Crippen LogP contribution in [-0.2, 0) is 16.1 Å². The van der Waals surface area contributed by atoms with Gasteiger partial charge in [0.2, 0.25) is 5.91 Å². The number of fused-ring (bicyclic) bond motifs is 1. The first-order valence-electron chi connectivity index (χ1n) is 10.1. The van der Waals surface area contributed by atoms with Gasteiger partial charge in [-0.05, 0) is 35.7 Å². The molecule has 4 rings (SSSR count). The first-order valence-corrected chi connectivity index (χ1v) is 10.1. The van der Waals surface area contributed by atoms with Crippen molar-refractivity contribution >= 4 is 5.91 Å². The lowest BCUT2D eigenvalue weighted by Crippen LogP contribution is -2.37. The van der Waals surface area contributed by atoms with Gasteiger partial charge in [-0.25, -0.2) is 8.78 Å². The van der Waals surface area contributed by atoms with Crippen molar-refractivity contribution < 1.29 is 23.0 Å². The SMILES string of the molecule is COCC(=O)N1C[C@H]2CN(Cc3c(F)cccc3OC)C[C@H]2[C@@H]1c1cccc(F)c1. The second-order valence-electron chi connectivity index (χ2n) is 8.02. The molecule has 2 saturated heterocycles. The molecule has 1 amide bonds. The minimum Gasteiger partial charge on any atom is -0.496 e. The van der Waals surface area contributed by atoms with Gasteiger partial charge >= 0.3 is 0 Å². The van der Waals surface area contributed by atoms with Crippen LogP contribution in [0, 0.1) is 23.5 Å². The highest BCUT2D eigenvalue weighted by atomic mass is 19.1. The number of carbonyl (C=O) groups is 1. The lowest BCUT2D eigenvalue weighted by atomic mass is 9.89. The third-order valence-corrected chi connectivity index (χ3v) is 6.20. The van der Waals surface area contributed by atoms with E-state index in [1.165, 1.54) is 32.4 Å². The van der Waals surface area contributed by atoms with Gasteiger partial charge in [-0.2, -0.15) is 0 Å². The molecule has 0 bridgehead atoms. The maximum absolute atomic E-state index is 14.4. The van der Waals surface area contributed by atoms with E-state index in [4.69, 9.17) is 9.47 Å². The molecule has 160 valence electrons. The fourth-order valence-corrected chi connectivity index (χ4v) is 4.95. The molecule has 30 heavy (non-hydrogen) atoms. The second-order valence-corrected chi connectivity index (χ2v) is 8.02.